The number of hydrogen-bond acceptors (Lipinski definition) is 6. The standard InChI is InChI=1S/C27H26N4O4/c1-35-21-7-3-5-18(13-21)17-4-2-6-19(12-17)23-15-25(31(30-23)26(32)10-11-27(33)34)20-8-9-22-24(14-20)29-16-28-22/h2-9,12-14,25,28-29H,10-11,15-16H2,1H3,(H,33,34). The van der Waals surface area contributed by atoms with Crippen LogP contribution >= 0.6 is 0 Å². The van der Waals surface area contributed by atoms with E-state index in [-0.39, 0.29) is 24.8 Å². The second kappa shape index (κ2) is 9.50. The Kier molecular flexibility index (Phi) is 6.10. The number of rotatable bonds is 7. The van der Waals surface area contributed by atoms with Crippen molar-refractivity contribution in [1.82, 2.24) is 5.01 Å². The summed E-state index contributed by atoms with van der Waals surface area (Å²) in [5.74, 6) is -0.527. The third-order valence-corrected chi connectivity index (χ3v) is 6.30. The van der Waals surface area contributed by atoms with Crippen molar-refractivity contribution in [3.63, 3.8) is 0 Å². The van der Waals surface area contributed by atoms with Crippen LogP contribution in [-0.4, -0.2) is 41.5 Å². The maximum atomic E-state index is 13.0. The molecule has 2 aliphatic rings. The van der Waals surface area contributed by atoms with Crippen LogP contribution in [0.5, 0.6) is 5.75 Å². The number of nitrogens with one attached hydrogen (secondary N) is 2. The summed E-state index contributed by atoms with van der Waals surface area (Å²) < 4.78 is 5.36. The van der Waals surface area contributed by atoms with Gasteiger partial charge in [0.05, 0.1) is 43.3 Å². The number of aliphatic carboxylic acids is 1. The van der Waals surface area contributed by atoms with E-state index < -0.39 is 5.97 Å². The van der Waals surface area contributed by atoms with Crippen LogP contribution in [0.4, 0.5) is 11.4 Å². The molecule has 2 aliphatic heterocycles. The van der Waals surface area contributed by atoms with Gasteiger partial charge >= 0.3 is 5.97 Å². The lowest BCUT2D eigenvalue weighted by molar-refractivity contribution is -0.141. The van der Waals surface area contributed by atoms with E-state index in [1.165, 1.54) is 5.01 Å². The van der Waals surface area contributed by atoms with Crippen molar-refractivity contribution in [1.29, 1.82) is 0 Å². The van der Waals surface area contributed by atoms with Crippen LogP contribution in [0.1, 0.15) is 36.4 Å². The Morgan fingerprint density at radius 1 is 0.971 bits per heavy atom. The average Bonchev–Trinajstić information content (AvgIpc) is 3.54. The van der Waals surface area contributed by atoms with E-state index in [1.54, 1.807) is 7.11 Å². The molecule has 3 aromatic rings. The monoisotopic (exact) mass is 470 g/mol. The quantitative estimate of drug-likeness (QED) is 0.463. The van der Waals surface area contributed by atoms with Crippen molar-refractivity contribution in [2.75, 3.05) is 24.4 Å². The highest BCUT2D eigenvalue weighted by atomic mass is 16.5. The molecule has 1 amide bonds. The zero-order chi connectivity index (χ0) is 24.4. The number of carboxylic acids is 1. The summed E-state index contributed by atoms with van der Waals surface area (Å²) >= 11 is 0. The SMILES string of the molecule is COc1cccc(-c2cccc(C3=NN(C(=O)CCC(=O)O)C(c4ccc5c(c4)NCN5)C3)c2)c1. The second-order valence-corrected chi connectivity index (χ2v) is 8.55. The lowest BCUT2D eigenvalue weighted by atomic mass is 9.95. The minimum absolute atomic E-state index is 0.1000. The first-order valence-electron chi connectivity index (χ1n) is 11.5. The highest BCUT2D eigenvalue weighted by Crippen LogP contribution is 2.38. The normalized spacial score (nSPS) is 16.2. The highest BCUT2D eigenvalue weighted by Gasteiger charge is 2.33. The molecule has 8 heteroatoms. The molecular formula is C27H26N4O4. The number of anilines is 2. The molecule has 0 radical (unpaired) electrons. The van der Waals surface area contributed by atoms with Gasteiger partial charge in [0.25, 0.3) is 0 Å². The van der Waals surface area contributed by atoms with Gasteiger partial charge in [-0.25, -0.2) is 5.01 Å². The molecule has 1 atom stereocenters. The van der Waals surface area contributed by atoms with E-state index in [0.29, 0.717) is 13.1 Å². The largest absolute Gasteiger partial charge is 0.497 e. The second-order valence-electron chi connectivity index (χ2n) is 8.55. The van der Waals surface area contributed by atoms with Gasteiger partial charge in [-0.15, -0.1) is 0 Å². The first kappa shape index (κ1) is 22.5. The maximum absolute atomic E-state index is 13.0. The number of carbonyl (C=O) groups is 2. The van der Waals surface area contributed by atoms with Gasteiger partial charge in [-0.05, 0) is 52.6 Å². The number of carboxylic acid groups (broad SMARTS) is 1. The number of fused-ring (bicyclic) bond motifs is 1. The molecule has 0 bridgehead atoms. The van der Waals surface area contributed by atoms with Crippen molar-refractivity contribution in [3.05, 3.63) is 77.9 Å². The molecule has 0 aromatic heterocycles. The Morgan fingerprint density at radius 3 is 2.51 bits per heavy atom. The van der Waals surface area contributed by atoms with Gasteiger partial charge in [-0.2, -0.15) is 5.10 Å². The zero-order valence-electron chi connectivity index (χ0n) is 19.3. The minimum atomic E-state index is -1.00. The lowest BCUT2D eigenvalue weighted by Gasteiger charge is -2.22. The van der Waals surface area contributed by atoms with Crippen LogP contribution in [-0.2, 0) is 9.59 Å². The summed E-state index contributed by atoms with van der Waals surface area (Å²) in [5.41, 5.74) is 6.69. The van der Waals surface area contributed by atoms with E-state index in [1.807, 2.05) is 60.7 Å². The van der Waals surface area contributed by atoms with E-state index in [9.17, 15) is 9.59 Å². The van der Waals surface area contributed by atoms with Crippen molar-refractivity contribution < 1.29 is 19.4 Å². The fourth-order valence-corrected chi connectivity index (χ4v) is 4.49. The number of methoxy groups -OCH3 is 1. The lowest BCUT2D eigenvalue weighted by Crippen LogP contribution is -2.27. The van der Waals surface area contributed by atoms with Crippen LogP contribution < -0.4 is 15.4 Å². The molecule has 3 N–H and O–H groups in total. The van der Waals surface area contributed by atoms with Crippen molar-refractivity contribution in [2.24, 2.45) is 5.10 Å². The van der Waals surface area contributed by atoms with Crippen LogP contribution in [0.2, 0.25) is 0 Å². The van der Waals surface area contributed by atoms with Gasteiger partial charge < -0.3 is 20.5 Å². The smallest absolute Gasteiger partial charge is 0.303 e. The topological polar surface area (TPSA) is 103 Å². The molecule has 1 unspecified atom stereocenters. The van der Waals surface area contributed by atoms with Gasteiger partial charge in [0, 0.05) is 12.8 Å². The summed E-state index contributed by atoms with van der Waals surface area (Å²) in [6.07, 6.45) is 0.206. The van der Waals surface area contributed by atoms with E-state index in [2.05, 4.69) is 16.7 Å². The molecule has 0 saturated heterocycles. The third kappa shape index (κ3) is 4.68. The van der Waals surface area contributed by atoms with Gasteiger partial charge in [0.15, 0.2) is 0 Å². The molecule has 0 aliphatic carbocycles. The molecular weight excluding hydrogens is 444 g/mol. The van der Waals surface area contributed by atoms with Gasteiger partial charge in [0.2, 0.25) is 5.91 Å². The summed E-state index contributed by atoms with van der Waals surface area (Å²) in [4.78, 5) is 24.1. The van der Waals surface area contributed by atoms with Gasteiger partial charge in [-0.3, -0.25) is 9.59 Å². The molecule has 2 heterocycles. The Labute approximate surface area is 203 Å². The Balaban J connectivity index is 1.47. The number of hydrazone groups is 1. The van der Waals surface area contributed by atoms with E-state index >= 15 is 0 Å². The molecule has 35 heavy (non-hydrogen) atoms. The molecule has 8 nitrogen and oxygen atoms in total. The number of hydrogen-bond donors (Lipinski definition) is 3. The molecule has 0 spiro atoms. The number of benzene rings is 3. The van der Waals surface area contributed by atoms with E-state index in [0.717, 1.165) is 45.1 Å². The van der Waals surface area contributed by atoms with Gasteiger partial charge in [-0.1, -0.05) is 36.4 Å². The fraction of sp³-hybridized carbons (Fsp3) is 0.222. The predicted molar refractivity (Wildman–Crippen MR) is 135 cm³/mol. The Morgan fingerprint density at radius 2 is 1.71 bits per heavy atom. The summed E-state index contributed by atoms with van der Waals surface area (Å²) in [7, 11) is 1.64. The van der Waals surface area contributed by atoms with Crippen LogP contribution in [0, 0.1) is 0 Å². The summed E-state index contributed by atoms with van der Waals surface area (Å²) in [6.45, 7) is 0.656. The maximum Gasteiger partial charge on any atom is 0.303 e. The highest BCUT2D eigenvalue weighted by molar-refractivity contribution is 6.04. The number of carbonyl (C=O) groups excluding carboxylic acids is 1. The van der Waals surface area contributed by atoms with Gasteiger partial charge in [0.1, 0.15) is 5.75 Å². The molecule has 178 valence electrons. The van der Waals surface area contributed by atoms with Crippen molar-refractivity contribution in [3.8, 4) is 16.9 Å². The zero-order valence-corrected chi connectivity index (χ0v) is 19.3. The molecule has 3 aromatic carbocycles. The third-order valence-electron chi connectivity index (χ3n) is 6.30. The number of nitrogens with zero attached hydrogens (tertiary/aromatic N) is 2. The first-order valence-corrected chi connectivity index (χ1v) is 11.5. The summed E-state index contributed by atoms with van der Waals surface area (Å²) in [5, 5.41) is 21.8. The van der Waals surface area contributed by atoms with Crippen molar-refractivity contribution >= 4 is 29.0 Å². The molecule has 0 saturated carbocycles. The van der Waals surface area contributed by atoms with Crippen LogP contribution in [0.15, 0.2) is 71.8 Å². The van der Waals surface area contributed by atoms with Crippen molar-refractivity contribution in [2.45, 2.75) is 25.3 Å². The number of ether oxygens (including phenoxy) is 1. The molecule has 5 rings (SSSR count). The first-order chi connectivity index (χ1) is 17.0. The Hall–Kier alpha value is -4.33. The summed E-state index contributed by atoms with van der Waals surface area (Å²) in [6, 6.07) is 21.6. The Bertz CT molecular complexity index is 1320. The average molecular weight is 471 g/mol. The minimum Gasteiger partial charge on any atom is -0.497 e. The predicted octanol–water partition coefficient (Wildman–Crippen LogP) is 4.70. The van der Waals surface area contributed by atoms with Crippen LogP contribution in [0.25, 0.3) is 11.1 Å². The fourth-order valence-electron chi connectivity index (χ4n) is 4.49. The number of amides is 1. The van der Waals surface area contributed by atoms with E-state index in [4.69, 9.17) is 14.9 Å². The molecule has 0 fully saturated rings. The van der Waals surface area contributed by atoms with Crippen LogP contribution in [0.3, 0.4) is 0 Å².